The molecule has 0 aliphatic heterocycles. The van der Waals surface area contributed by atoms with E-state index in [0.29, 0.717) is 19.7 Å². The van der Waals surface area contributed by atoms with Gasteiger partial charge in [0.15, 0.2) is 0 Å². The van der Waals surface area contributed by atoms with E-state index in [1.807, 2.05) is 0 Å². The van der Waals surface area contributed by atoms with E-state index in [-0.39, 0.29) is 6.03 Å². The van der Waals surface area contributed by atoms with Crippen molar-refractivity contribution in [3.63, 3.8) is 0 Å². The molecule has 0 aromatic heterocycles. The molecule has 0 aromatic rings. The zero-order chi connectivity index (χ0) is 8.53. The highest BCUT2D eigenvalue weighted by atomic mass is 16.5. The van der Waals surface area contributed by atoms with Gasteiger partial charge in [-0.05, 0) is 13.3 Å². The SMILES string of the molecule is [CH2]CNC(=O)NCCCOC. The van der Waals surface area contributed by atoms with Crippen LogP contribution < -0.4 is 10.6 Å². The Hall–Kier alpha value is -0.770. The van der Waals surface area contributed by atoms with Gasteiger partial charge < -0.3 is 15.4 Å². The molecule has 0 heterocycles. The van der Waals surface area contributed by atoms with Crippen LogP contribution in [0.15, 0.2) is 0 Å². The number of hydrogen-bond donors (Lipinski definition) is 2. The molecule has 0 unspecified atom stereocenters. The molecule has 0 saturated heterocycles. The van der Waals surface area contributed by atoms with Crippen molar-refractivity contribution in [3.05, 3.63) is 6.92 Å². The summed E-state index contributed by atoms with van der Waals surface area (Å²) in [6.07, 6.45) is 0.834. The first kappa shape index (κ1) is 10.2. The molecular weight excluding hydrogens is 144 g/mol. The smallest absolute Gasteiger partial charge is 0.314 e. The van der Waals surface area contributed by atoms with E-state index in [9.17, 15) is 4.79 Å². The van der Waals surface area contributed by atoms with Gasteiger partial charge in [0.25, 0.3) is 0 Å². The van der Waals surface area contributed by atoms with E-state index in [4.69, 9.17) is 4.74 Å². The van der Waals surface area contributed by atoms with Crippen LogP contribution in [-0.4, -0.2) is 32.8 Å². The van der Waals surface area contributed by atoms with Crippen molar-refractivity contribution < 1.29 is 9.53 Å². The zero-order valence-electron chi connectivity index (χ0n) is 6.85. The maximum absolute atomic E-state index is 10.7. The molecule has 1 radical (unpaired) electrons. The molecule has 0 aliphatic carbocycles. The van der Waals surface area contributed by atoms with Gasteiger partial charge in [-0.1, -0.05) is 0 Å². The lowest BCUT2D eigenvalue weighted by atomic mass is 10.4. The molecule has 0 atom stereocenters. The molecule has 65 valence electrons. The van der Waals surface area contributed by atoms with E-state index in [1.54, 1.807) is 7.11 Å². The van der Waals surface area contributed by atoms with Crippen molar-refractivity contribution in [1.82, 2.24) is 10.6 Å². The zero-order valence-corrected chi connectivity index (χ0v) is 6.85. The summed E-state index contributed by atoms with van der Waals surface area (Å²) in [5.74, 6) is 0. The second kappa shape index (κ2) is 7.34. The quantitative estimate of drug-likeness (QED) is 0.561. The number of rotatable bonds is 5. The number of urea groups is 1. The number of nitrogens with one attached hydrogen (secondary N) is 2. The third-order valence-corrected chi connectivity index (χ3v) is 1.10. The minimum Gasteiger partial charge on any atom is -0.385 e. The van der Waals surface area contributed by atoms with E-state index in [0.717, 1.165) is 6.42 Å². The van der Waals surface area contributed by atoms with Crippen LogP contribution in [0.5, 0.6) is 0 Å². The lowest BCUT2D eigenvalue weighted by Gasteiger charge is -2.04. The van der Waals surface area contributed by atoms with Gasteiger partial charge in [0.05, 0.1) is 0 Å². The van der Waals surface area contributed by atoms with Gasteiger partial charge in [0.1, 0.15) is 0 Å². The Morgan fingerprint density at radius 3 is 2.82 bits per heavy atom. The van der Waals surface area contributed by atoms with Crippen LogP contribution in [0.1, 0.15) is 6.42 Å². The molecular formula is C7H15N2O2. The average Bonchev–Trinajstić information content (AvgIpc) is 1.99. The standard InChI is InChI=1S/C7H15N2O2/c1-3-8-7(10)9-5-4-6-11-2/h1,3-6H2,2H3,(H2,8,9,10). The largest absolute Gasteiger partial charge is 0.385 e. The van der Waals surface area contributed by atoms with Gasteiger partial charge in [0, 0.05) is 26.8 Å². The Morgan fingerprint density at radius 1 is 1.55 bits per heavy atom. The third-order valence-electron chi connectivity index (χ3n) is 1.10. The summed E-state index contributed by atoms with van der Waals surface area (Å²) >= 11 is 0. The average molecular weight is 159 g/mol. The van der Waals surface area contributed by atoms with Crippen LogP contribution in [0.3, 0.4) is 0 Å². The predicted molar refractivity (Wildman–Crippen MR) is 43.3 cm³/mol. The molecule has 2 amide bonds. The molecule has 0 bridgehead atoms. The molecule has 0 aliphatic rings. The monoisotopic (exact) mass is 159 g/mol. The summed E-state index contributed by atoms with van der Waals surface area (Å²) in [7, 11) is 1.63. The Labute approximate surface area is 67.3 Å². The van der Waals surface area contributed by atoms with Gasteiger partial charge in [-0.2, -0.15) is 0 Å². The number of amides is 2. The summed E-state index contributed by atoms with van der Waals surface area (Å²) in [5, 5.41) is 5.17. The van der Waals surface area contributed by atoms with Crippen LogP contribution in [0.4, 0.5) is 4.79 Å². The number of methoxy groups -OCH3 is 1. The van der Waals surface area contributed by atoms with Crippen molar-refractivity contribution >= 4 is 6.03 Å². The Bertz CT molecular complexity index is 107. The summed E-state index contributed by atoms with van der Waals surface area (Å²) in [4.78, 5) is 10.7. The number of carbonyl (C=O) groups is 1. The van der Waals surface area contributed by atoms with Gasteiger partial charge in [-0.25, -0.2) is 4.79 Å². The molecule has 4 heteroatoms. The number of ether oxygens (including phenoxy) is 1. The Kier molecular flexibility index (Phi) is 6.82. The van der Waals surface area contributed by atoms with Crippen molar-refractivity contribution in [2.45, 2.75) is 6.42 Å². The molecule has 0 rings (SSSR count). The molecule has 0 spiro atoms. The fourth-order valence-electron chi connectivity index (χ4n) is 0.594. The fraction of sp³-hybridized carbons (Fsp3) is 0.714. The first-order valence-electron chi connectivity index (χ1n) is 3.61. The highest BCUT2D eigenvalue weighted by Crippen LogP contribution is 1.76. The Balaban J connectivity index is 3.04. The lowest BCUT2D eigenvalue weighted by molar-refractivity contribution is 0.193. The van der Waals surface area contributed by atoms with Crippen molar-refractivity contribution in [3.8, 4) is 0 Å². The highest BCUT2D eigenvalue weighted by molar-refractivity contribution is 5.73. The minimum atomic E-state index is -0.170. The van der Waals surface area contributed by atoms with E-state index in [1.165, 1.54) is 0 Å². The van der Waals surface area contributed by atoms with Gasteiger partial charge in [0.2, 0.25) is 0 Å². The second-order valence-corrected chi connectivity index (χ2v) is 2.03. The molecule has 0 fully saturated rings. The summed E-state index contributed by atoms with van der Waals surface area (Å²) in [6, 6.07) is -0.170. The highest BCUT2D eigenvalue weighted by Gasteiger charge is 1.94. The fourth-order valence-corrected chi connectivity index (χ4v) is 0.594. The van der Waals surface area contributed by atoms with Crippen molar-refractivity contribution in [2.24, 2.45) is 0 Å². The summed E-state index contributed by atoms with van der Waals surface area (Å²) in [6.45, 7) is 5.20. The third kappa shape index (κ3) is 7.12. The van der Waals surface area contributed by atoms with E-state index < -0.39 is 0 Å². The molecule has 2 N–H and O–H groups in total. The van der Waals surface area contributed by atoms with Crippen LogP contribution in [-0.2, 0) is 4.74 Å². The molecule has 11 heavy (non-hydrogen) atoms. The second-order valence-electron chi connectivity index (χ2n) is 2.03. The van der Waals surface area contributed by atoms with Crippen LogP contribution in [0.25, 0.3) is 0 Å². The van der Waals surface area contributed by atoms with E-state index >= 15 is 0 Å². The minimum absolute atomic E-state index is 0.170. The summed E-state index contributed by atoms with van der Waals surface area (Å²) < 4.78 is 4.80. The molecule has 4 nitrogen and oxygen atoms in total. The van der Waals surface area contributed by atoms with Crippen LogP contribution in [0.2, 0.25) is 0 Å². The van der Waals surface area contributed by atoms with Crippen molar-refractivity contribution in [1.29, 1.82) is 0 Å². The van der Waals surface area contributed by atoms with Gasteiger partial charge >= 0.3 is 6.03 Å². The molecule has 0 aromatic carbocycles. The normalized spacial score (nSPS) is 9.27. The lowest BCUT2D eigenvalue weighted by Crippen LogP contribution is -2.36. The Morgan fingerprint density at radius 2 is 2.27 bits per heavy atom. The maximum atomic E-state index is 10.7. The van der Waals surface area contributed by atoms with Gasteiger partial charge in [-0.3, -0.25) is 0 Å². The maximum Gasteiger partial charge on any atom is 0.314 e. The van der Waals surface area contributed by atoms with Crippen LogP contribution in [0, 0.1) is 6.92 Å². The topological polar surface area (TPSA) is 50.4 Å². The first-order chi connectivity index (χ1) is 5.31. The molecule has 0 saturated carbocycles. The number of hydrogen-bond acceptors (Lipinski definition) is 2. The van der Waals surface area contributed by atoms with Gasteiger partial charge in [-0.15, -0.1) is 0 Å². The predicted octanol–water partition coefficient (Wildman–Crippen LogP) is 0.156. The first-order valence-corrected chi connectivity index (χ1v) is 3.61. The van der Waals surface area contributed by atoms with E-state index in [2.05, 4.69) is 17.6 Å². The number of carbonyl (C=O) groups excluding carboxylic acids is 1. The van der Waals surface area contributed by atoms with Crippen LogP contribution >= 0.6 is 0 Å². The van der Waals surface area contributed by atoms with Crippen molar-refractivity contribution in [2.75, 3.05) is 26.8 Å². The summed E-state index contributed by atoms with van der Waals surface area (Å²) in [5.41, 5.74) is 0.